The van der Waals surface area contributed by atoms with E-state index in [9.17, 15) is 14.4 Å². The zero-order chi connectivity index (χ0) is 25.9. The first-order valence-corrected chi connectivity index (χ1v) is 12.8. The van der Waals surface area contributed by atoms with Crippen molar-refractivity contribution in [3.63, 3.8) is 0 Å². The van der Waals surface area contributed by atoms with Crippen LogP contribution in [0, 0.1) is 28.1 Å². The topological polar surface area (TPSA) is 105 Å². The number of hydrogen-bond donors (Lipinski definition) is 0. The van der Waals surface area contributed by atoms with Gasteiger partial charge in [0.05, 0.1) is 12.5 Å². The van der Waals surface area contributed by atoms with Gasteiger partial charge in [-0.1, -0.05) is 26.8 Å². The van der Waals surface area contributed by atoms with Crippen LogP contribution in [-0.2, 0) is 33.3 Å². The second kappa shape index (κ2) is 7.03. The summed E-state index contributed by atoms with van der Waals surface area (Å²) in [6, 6.07) is 1.83. The molecule has 9 atom stereocenters. The Labute approximate surface area is 210 Å². The van der Waals surface area contributed by atoms with Crippen molar-refractivity contribution >= 4 is 17.9 Å². The minimum Gasteiger partial charge on any atom is -0.472 e. The average Bonchev–Trinajstić information content (AvgIpc) is 3.38. The standard InChI is InChI=1S/C28H34O8/c1-15(29)33-19-13-18-24(2,3)35-20(30)8-10-25(18,4)17-7-11-26(5)21(16-9-12-32-14-16)34-23(31)22-28(26,36-22)27(17,19)6/h8-10,12,14,17-19,21-22H,7,11,13H2,1-6H3/t17-,18+,19+,21-,22-,25-,26+,27+,28-/m1/s1. The number of carbonyl (C=O) groups excluding carboxylic acids is 3. The molecule has 0 radical (unpaired) electrons. The summed E-state index contributed by atoms with van der Waals surface area (Å²) in [6.45, 7) is 11.7. The SMILES string of the molecule is CC(=O)O[C@H]1C[C@H]2C(C)(C)OC(=O)C=C[C@]2(C)[C@H]2CC[C@@]3(C)[C@@H](c4ccoc4)OC(=O)[C@H]4O[C@]43[C@]12C. The number of hydrogen-bond acceptors (Lipinski definition) is 8. The molecule has 1 aromatic heterocycles. The van der Waals surface area contributed by atoms with Crippen molar-refractivity contribution in [3.05, 3.63) is 36.3 Å². The number of carbonyl (C=O) groups is 3. The van der Waals surface area contributed by atoms with Gasteiger partial charge in [0.1, 0.15) is 23.4 Å². The van der Waals surface area contributed by atoms with Crippen LogP contribution in [0.2, 0.25) is 0 Å². The fourth-order valence-corrected chi connectivity index (χ4v) is 9.13. The van der Waals surface area contributed by atoms with E-state index < -0.39 is 51.7 Å². The molecular formula is C28H34O8. The normalized spacial score (nSPS) is 48.2. The molecule has 36 heavy (non-hydrogen) atoms. The third-order valence-corrected chi connectivity index (χ3v) is 10.5. The average molecular weight is 499 g/mol. The van der Waals surface area contributed by atoms with Crippen molar-refractivity contribution in [1.29, 1.82) is 0 Å². The van der Waals surface area contributed by atoms with E-state index in [1.165, 1.54) is 13.0 Å². The summed E-state index contributed by atoms with van der Waals surface area (Å²) in [4.78, 5) is 38.3. The molecule has 1 aromatic rings. The van der Waals surface area contributed by atoms with Gasteiger partial charge >= 0.3 is 17.9 Å². The third kappa shape index (κ3) is 2.66. The fraction of sp³-hybridized carbons (Fsp3) is 0.679. The number of allylic oxidation sites excluding steroid dienone is 1. The maximum absolute atomic E-state index is 13.3. The van der Waals surface area contributed by atoms with Gasteiger partial charge in [-0.2, -0.15) is 0 Å². The lowest BCUT2D eigenvalue weighted by atomic mass is 9.37. The van der Waals surface area contributed by atoms with E-state index in [0.29, 0.717) is 6.42 Å². The Balaban J connectivity index is 1.55. The molecule has 4 fully saturated rings. The lowest BCUT2D eigenvalue weighted by Gasteiger charge is -2.67. The maximum Gasteiger partial charge on any atom is 0.339 e. The maximum atomic E-state index is 13.3. The van der Waals surface area contributed by atoms with Crippen LogP contribution in [0.1, 0.15) is 72.5 Å². The number of fused-ring (bicyclic) bond motifs is 3. The Bertz CT molecular complexity index is 1170. The second-order valence-electron chi connectivity index (χ2n) is 12.5. The molecule has 6 rings (SSSR count). The van der Waals surface area contributed by atoms with Crippen LogP contribution in [0.25, 0.3) is 0 Å². The molecule has 5 aliphatic rings. The van der Waals surface area contributed by atoms with E-state index in [1.54, 1.807) is 12.5 Å². The first-order chi connectivity index (χ1) is 16.8. The van der Waals surface area contributed by atoms with E-state index in [-0.39, 0.29) is 23.8 Å². The molecule has 194 valence electrons. The minimum absolute atomic E-state index is 0.0490. The van der Waals surface area contributed by atoms with Gasteiger partial charge < -0.3 is 23.4 Å². The highest BCUT2D eigenvalue weighted by Gasteiger charge is 2.88. The summed E-state index contributed by atoms with van der Waals surface area (Å²) in [7, 11) is 0. The molecule has 2 aliphatic carbocycles. The summed E-state index contributed by atoms with van der Waals surface area (Å²) < 4.78 is 29.8. The number of rotatable bonds is 2. The quantitative estimate of drug-likeness (QED) is 0.338. The molecular weight excluding hydrogens is 464 g/mol. The molecule has 8 heteroatoms. The lowest BCUT2D eigenvalue weighted by Crippen LogP contribution is -2.72. The molecule has 2 saturated carbocycles. The van der Waals surface area contributed by atoms with Crippen LogP contribution in [0.5, 0.6) is 0 Å². The summed E-state index contributed by atoms with van der Waals surface area (Å²) >= 11 is 0. The van der Waals surface area contributed by atoms with Gasteiger partial charge in [-0.05, 0) is 50.5 Å². The molecule has 0 amide bonds. The highest BCUT2D eigenvalue weighted by Crippen LogP contribution is 2.79. The summed E-state index contributed by atoms with van der Waals surface area (Å²) in [5.74, 6) is -1.31. The molecule has 3 aliphatic heterocycles. The third-order valence-electron chi connectivity index (χ3n) is 10.5. The van der Waals surface area contributed by atoms with Crippen molar-refractivity contribution < 1.29 is 37.7 Å². The molecule has 0 aromatic carbocycles. The molecule has 4 heterocycles. The first kappa shape index (κ1) is 23.8. The van der Waals surface area contributed by atoms with E-state index in [1.807, 2.05) is 26.0 Å². The van der Waals surface area contributed by atoms with E-state index >= 15 is 0 Å². The van der Waals surface area contributed by atoms with Gasteiger partial charge in [0, 0.05) is 35.3 Å². The Morgan fingerprint density at radius 1 is 1.08 bits per heavy atom. The van der Waals surface area contributed by atoms with Crippen LogP contribution >= 0.6 is 0 Å². The predicted octanol–water partition coefficient (Wildman–Crippen LogP) is 4.29. The van der Waals surface area contributed by atoms with E-state index in [0.717, 1.165) is 18.4 Å². The van der Waals surface area contributed by atoms with Crippen molar-refractivity contribution in [1.82, 2.24) is 0 Å². The molecule has 1 spiro atoms. The summed E-state index contributed by atoms with van der Waals surface area (Å²) in [6.07, 6.45) is 6.89. The molecule has 0 bridgehead atoms. The predicted molar refractivity (Wildman–Crippen MR) is 125 cm³/mol. The Morgan fingerprint density at radius 2 is 1.83 bits per heavy atom. The van der Waals surface area contributed by atoms with Gasteiger partial charge in [0.25, 0.3) is 0 Å². The number of furan rings is 1. The van der Waals surface area contributed by atoms with Gasteiger partial charge in [-0.25, -0.2) is 9.59 Å². The Morgan fingerprint density at radius 3 is 2.50 bits per heavy atom. The zero-order valence-electron chi connectivity index (χ0n) is 21.7. The number of epoxide rings is 1. The molecule has 2 saturated heterocycles. The molecule has 0 N–H and O–H groups in total. The van der Waals surface area contributed by atoms with Crippen LogP contribution in [0.4, 0.5) is 0 Å². The summed E-state index contributed by atoms with van der Waals surface area (Å²) in [5.41, 5.74) is -2.64. The number of ether oxygens (including phenoxy) is 4. The minimum atomic E-state index is -0.899. The van der Waals surface area contributed by atoms with Crippen LogP contribution in [-0.4, -0.2) is 41.3 Å². The zero-order valence-corrected chi connectivity index (χ0v) is 21.7. The van der Waals surface area contributed by atoms with Crippen molar-refractivity contribution in [3.8, 4) is 0 Å². The molecule has 8 nitrogen and oxygen atoms in total. The number of cyclic esters (lactones) is 2. The lowest BCUT2D eigenvalue weighted by molar-refractivity contribution is -0.257. The highest BCUT2D eigenvalue weighted by atomic mass is 16.7. The monoisotopic (exact) mass is 498 g/mol. The van der Waals surface area contributed by atoms with Crippen molar-refractivity contribution in [2.24, 2.45) is 28.1 Å². The van der Waals surface area contributed by atoms with Crippen molar-refractivity contribution in [2.45, 2.75) is 90.3 Å². The Kier molecular flexibility index (Phi) is 4.64. The second-order valence-corrected chi connectivity index (χ2v) is 12.5. The Hall–Kier alpha value is -2.61. The van der Waals surface area contributed by atoms with E-state index in [2.05, 4.69) is 20.8 Å². The smallest absolute Gasteiger partial charge is 0.339 e. The van der Waals surface area contributed by atoms with Gasteiger partial charge in [0.15, 0.2) is 6.10 Å². The first-order valence-electron chi connectivity index (χ1n) is 12.8. The molecule has 0 unspecified atom stereocenters. The summed E-state index contributed by atoms with van der Waals surface area (Å²) in [5, 5.41) is 0. The number of esters is 3. The largest absolute Gasteiger partial charge is 0.472 e. The highest BCUT2D eigenvalue weighted by molar-refractivity contribution is 5.83. The van der Waals surface area contributed by atoms with Crippen LogP contribution < -0.4 is 0 Å². The van der Waals surface area contributed by atoms with E-state index in [4.69, 9.17) is 23.4 Å². The fourth-order valence-electron chi connectivity index (χ4n) is 9.13. The van der Waals surface area contributed by atoms with Crippen LogP contribution in [0.3, 0.4) is 0 Å². The van der Waals surface area contributed by atoms with Crippen LogP contribution in [0.15, 0.2) is 35.2 Å². The van der Waals surface area contributed by atoms with Crippen molar-refractivity contribution in [2.75, 3.05) is 0 Å². The van der Waals surface area contributed by atoms with Gasteiger partial charge in [-0.15, -0.1) is 0 Å². The van der Waals surface area contributed by atoms with Gasteiger partial charge in [-0.3, -0.25) is 4.79 Å². The van der Waals surface area contributed by atoms with Gasteiger partial charge in [0.2, 0.25) is 0 Å².